The van der Waals surface area contributed by atoms with Gasteiger partial charge in [-0.2, -0.15) is 0 Å². The summed E-state index contributed by atoms with van der Waals surface area (Å²) in [6.07, 6.45) is 4.03. The third kappa shape index (κ3) is 6.69. The maximum absolute atomic E-state index is 12.3. The van der Waals surface area contributed by atoms with Crippen LogP contribution in [0.3, 0.4) is 0 Å². The fraction of sp³-hybridized carbons (Fsp3) is 0.200. The number of carbonyl (C=O) groups is 2. The molecule has 2 atom stereocenters. The maximum Gasteiger partial charge on any atom is 0.291 e. The minimum absolute atomic E-state index is 0.123. The zero-order valence-electron chi connectivity index (χ0n) is 17.3. The number of hydrogen-bond acceptors (Lipinski definition) is 5. The van der Waals surface area contributed by atoms with E-state index in [-0.39, 0.29) is 24.1 Å². The summed E-state index contributed by atoms with van der Waals surface area (Å²) in [6, 6.07) is 21.7. The van der Waals surface area contributed by atoms with Gasteiger partial charge in [-0.3, -0.25) is 4.79 Å². The summed E-state index contributed by atoms with van der Waals surface area (Å²) in [4.78, 5) is 24.0. The predicted octanol–water partition coefficient (Wildman–Crippen LogP) is 3.13. The number of benzene rings is 2. The predicted molar refractivity (Wildman–Crippen MR) is 118 cm³/mol. The number of carbonyl (C=O) groups excluding carboxylic acids is 2. The lowest BCUT2D eigenvalue weighted by atomic mass is 9.96. The van der Waals surface area contributed by atoms with Gasteiger partial charge < -0.3 is 25.0 Å². The average molecular weight is 417 g/mol. The molecule has 0 saturated carbocycles. The highest BCUT2D eigenvalue weighted by atomic mass is 16.4. The summed E-state index contributed by atoms with van der Waals surface area (Å²) in [5, 5.41) is 17.6. The first-order valence-electron chi connectivity index (χ1n) is 10.1. The molecule has 2 N–H and O–H groups in total. The molecule has 0 aliphatic rings. The van der Waals surface area contributed by atoms with Crippen molar-refractivity contribution in [2.45, 2.75) is 19.4 Å². The molecule has 0 radical (unpaired) electrons. The molecule has 0 fully saturated rings. The van der Waals surface area contributed by atoms with Crippen LogP contribution in [0.5, 0.6) is 0 Å². The van der Waals surface area contributed by atoms with Crippen LogP contribution in [-0.4, -0.2) is 24.5 Å². The van der Waals surface area contributed by atoms with Crippen LogP contribution < -0.4 is 15.7 Å². The molecule has 1 amide bonds. The topological polar surface area (TPSA) is 94.4 Å². The molecule has 1 aromatic heterocycles. The standard InChI is InChI=1S/C25H26N2O4/c1-18(26-16-8-11-19-9-4-2-5-10-19)22(25(29)30)17-21-14-15-23(31-21)24(28)27-20-12-6-3-7-13-20/h2-15,18,22,26H,16-17H2,1H3,(H,27,28)(H,29,30)/p-1/b11-8+. The van der Waals surface area contributed by atoms with Crippen molar-refractivity contribution in [2.24, 2.45) is 5.92 Å². The van der Waals surface area contributed by atoms with Gasteiger partial charge in [0, 0.05) is 36.6 Å². The third-order valence-corrected chi connectivity index (χ3v) is 4.91. The first-order valence-corrected chi connectivity index (χ1v) is 10.1. The first kappa shape index (κ1) is 22.1. The van der Waals surface area contributed by atoms with E-state index in [9.17, 15) is 14.7 Å². The Kier molecular flexibility index (Phi) is 7.79. The van der Waals surface area contributed by atoms with Crippen molar-refractivity contribution in [3.63, 3.8) is 0 Å². The van der Waals surface area contributed by atoms with Crippen molar-refractivity contribution in [3.05, 3.63) is 96.0 Å². The van der Waals surface area contributed by atoms with E-state index in [1.54, 1.807) is 31.2 Å². The first-order chi connectivity index (χ1) is 15.0. The molecule has 6 heteroatoms. The van der Waals surface area contributed by atoms with Crippen molar-refractivity contribution in [3.8, 4) is 0 Å². The molecule has 6 nitrogen and oxygen atoms in total. The van der Waals surface area contributed by atoms with E-state index < -0.39 is 11.9 Å². The van der Waals surface area contributed by atoms with Gasteiger partial charge in [0.05, 0.1) is 0 Å². The Hall–Kier alpha value is -3.64. The summed E-state index contributed by atoms with van der Waals surface area (Å²) in [5.41, 5.74) is 1.73. The lowest BCUT2D eigenvalue weighted by Crippen LogP contribution is -2.45. The molecule has 0 aliphatic carbocycles. The highest BCUT2D eigenvalue weighted by molar-refractivity contribution is 6.02. The van der Waals surface area contributed by atoms with E-state index in [0.717, 1.165) is 5.56 Å². The molecule has 0 spiro atoms. The Balaban J connectivity index is 1.55. The fourth-order valence-corrected chi connectivity index (χ4v) is 3.16. The quantitative estimate of drug-likeness (QED) is 0.529. The lowest BCUT2D eigenvalue weighted by molar-refractivity contribution is -0.312. The Bertz CT molecular complexity index is 1010. The van der Waals surface area contributed by atoms with Gasteiger partial charge in [0.25, 0.3) is 5.91 Å². The molecule has 3 aromatic rings. The zero-order valence-corrected chi connectivity index (χ0v) is 17.3. The van der Waals surface area contributed by atoms with E-state index in [1.807, 2.05) is 60.7 Å². The number of carboxylic acids is 1. The molecule has 0 bridgehead atoms. The Labute approximate surface area is 181 Å². The minimum atomic E-state index is -1.17. The van der Waals surface area contributed by atoms with Gasteiger partial charge in [0.15, 0.2) is 5.76 Å². The number of carboxylic acid groups (broad SMARTS) is 1. The zero-order chi connectivity index (χ0) is 22.1. The van der Waals surface area contributed by atoms with Crippen LogP contribution in [0.25, 0.3) is 6.08 Å². The summed E-state index contributed by atoms with van der Waals surface area (Å²) < 4.78 is 5.59. The molecular formula is C25H25N2O4-. The Morgan fingerprint density at radius 1 is 1.00 bits per heavy atom. The Morgan fingerprint density at radius 3 is 2.35 bits per heavy atom. The average Bonchev–Trinajstić information content (AvgIpc) is 3.25. The normalized spacial score (nSPS) is 13.1. The largest absolute Gasteiger partial charge is 0.550 e. The monoisotopic (exact) mass is 417 g/mol. The molecule has 2 aromatic carbocycles. The fourth-order valence-electron chi connectivity index (χ4n) is 3.16. The number of nitrogens with one attached hydrogen (secondary N) is 2. The van der Waals surface area contributed by atoms with Gasteiger partial charge in [-0.1, -0.05) is 60.7 Å². The summed E-state index contributed by atoms with van der Waals surface area (Å²) in [6.45, 7) is 2.31. The van der Waals surface area contributed by atoms with Gasteiger partial charge in [-0.15, -0.1) is 0 Å². The van der Waals surface area contributed by atoms with Gasteiger partial charge in [-0.05, 0) is 36.8 Å². The van der Waals surface area contributed by atoms with Gasteiger partial charge in [0.2, 0.25) is 0 Å². The third-order valence-electron chi connectivity index (χ3n) is 4.91. The second-order valence-corrected chi connectivity index (χ2v) is 7.23. The summed E-state index contributed by atoms with van der Waals surface area (Å²) in [5.74, 6) is -1.82. The van der Waals surface area contributed by atoms with Crippen molar-refractivity contribution < 1.29 is 19.1 Å². The number of furan rings is 1. The van der Waals surface area contributed by atoms with E-state index in [1.165, 1.54) is 0 Å². The summed E-state index contributed by atoms with van der Waals surface area (Å²) >= 11 is 0. The van der Waals surface area contributed by atoms with Crippen molar-refractivity contribution in [1.82, 2.24) is 5.32 Å². The number of amides is 1. The molecule has 160 valence electrons. The maximum atomic E-state index is 12.3. The van der Waals surface area contributed by atoms with Crippen molar-refractivity contribution in [1.29, 1.82) is 0 Å². The molecule has 31 heavy (non-hydrogen) atoms. The van der Waals surface area contributed by atoms with Gasteiger partial charge >= 0.3 is 0 Å². The lowest BCUT2D eigenvalue weighted by Gasteiger charge is -2.24. The number of rotatable bonds is 10. The SMILES string of the molecule is CC(NC/C=C/c1ccccc1)C(Cc1ccc(C(=O)Nc2ccccc2)o1)C(=O)[O-]. The van der Waals surface area contributed by atoms with E-state index in [0.29, 0.717) is 18.0 Å². The molecular weight excluding hydrogens is 392 g/mol. The highest BCUT2D eigenvalue weighted by Gasteiger charge is 2.21. The second kappa shape index (κ2) is 10.9. The van der Waals surface area contributed by atoms with E-state index in [2.05, 4.69) is 10.6 Å². The van der Waals surface area contributed by atoms with Crippen molar-refractivity contribution >= 4 is 23.6 Å². The molecule has 0 aliphatic heterocycles. The summed E-state index contributed by atoms with van der Waals surface area (Å²) in [7, 11) is 0. The van der Waals surface area contributed by atoms with Crippen LogP contribution in [0.15, 0.2) is 83.3 Å². The molecule has 3 rings (SSSR count). The van der Waals surface area contributed by atoms with Crippen LogP contribution >= 0.6 is 0 Å². The van der Waals surface area contributed by atoms with Crippen molar-refractivity contribution in [2.75, 3.05) is 11.9 Å². The highest BCUT2D eigenvalue weighted by Crippen LogP contribution is 2.17. The van der Waals surface area contributed by atoms with Gasteiger partial charge in [0.1, 0.15) is 5.76 Å². The van der Waals surface area contributed by atoms with Gasteiger partial charge in [-0.25, -0.2) is 0 Å². The van der Waals surface area contributed by atoms with Crippen LogP contribution in [0.1, 0.15) is 28.8 Å². The van der Waals surface area contributed by atoms with Crippen LogP contribution in [-0.2, 0) is 11.2 Å². The molecule has 1 heterocycles. The van der Waals surface area contributed by atoms with Crippen LogP contribution in [0.2, 0.25) is 0 Å². The number of anilines is 1. The Morgan fingerprint density at radius 2 is 1.68 bits per heavy atom. The van der Waals surface area contributed by atoms with E-state index in [4.69, 9.17) is 4.42 Å². The number of aliphatic carboxylic acids is 1. The number of hydrogen-bond donors (Lipinski definition) is 2. The van der Waals surface area contributed by atoms with E-state index >= 15 is 0 Å². The van der Waals surface area contributed by atoms with Crippen LogP contribution in [0, 0.1) is 5.92 Å². The second-order valence-electron chi connectivity index (χ2n) is 7.23. The molecule has 2 unspecified atom stereocenters. The smallest absolute Gasteiger partial charge is 0.291 e. The van der Waals surface area contributed by atoms with Crippen LogP contribution in [0.4, 0.5) is 5.69 Å². The minimum Gasteiger partial charge on any atom is -0.550 e. The number of para-hydroxylation sites is 1. The molecule has 0 saturated heterocycles.